The van der Waals surface area contributed by atoms with Gasteiger partial charge in [0.1, 0.15) is 16.6 Å². The quantitative estimate of drug-likeness (QED) is 0.716. The van der Waals surface area contributed by atoms with Gasteiger partial charge >= 0.3 is 0 Å². The molecular weight excluding hydrogens is 172 g/mol. The van der Waals surface area contributed by atoms with E-state index in [2.05, 4.69) is 9.36 Å². The highest BCUT2D eigenvalue weighted by molar-refractivity contribution is 7.05. The molecule has 0 N–H and O–H groups in total. The molecule has 0 amide bonds. The van der Waals surface area contributed by atoms with E-state index < -0.39 is 0 Å². The average molecular weight is 184 g/mol. The minimum absolute atomic E-state index is 0.0919. The van der Waals surface area contributed by atoms with Crippen LogP contribution in [0.3, 0.4) is 0 Å². The summed E-state index contributed by atoms with van der Waals surface area (Å²) in [6.45, 7) is 5.63. The maximum Gasteiger partial charge on any atom is 0.142 e. The molecule has 3 nitrogen and oxygen atoms in total. The molecule has 0 aliphatic carbocycles. The Morgan fingerprint density at radius 3 is 2.67 bits per heavy atom. The third kappa shape index (κ3) is 2.37. The van der Waals surface area contributed by atoms with Gasteiger partial charge in [-0.1, -0.05) is 13.8 Å². The molecule has 0 saturated carbocycles. The van der Waals surface area contributed by atoms with Gasteiger partial charge in [-0.2, -0.15) is 4.37 Å². The van der Waals surface area contributed by atoms with Crippen LogP contribution in [0.2, 0.25) is 0 Å². The van der Waals surface area contributed by atoms with E-state index in [1.165, 1.54) is 11.5 Å². The lowest BCUT2D eigenvalue weighted by Crippen LogP contribution is -2.09. The third-order valence-corrected chi connectivity index (χ3v) is 2.34. The van der Waals surface area contributed by atoms with Gasteiger partial charge in [-0.3, -0.25) is 4.79 Å². The number of aryl methyl sites for hydroxylation is 1. The van der Waals surface area contributed by atoms with Crippen LogP contribution in [-0.4, -0.2) is 15.1 Å². The molecule has 12 heavy (non-hydrogen) atoms. The fraction of sp³-hybridized carbons (Fsp3) is 0.625. The van der Waals surface area contributed by atoms with Gasteiger partial charge in [0.15, 0.2) is 0 Å². The second-order valence-corrected chi connectivity index (χ2v) is 3.87. The van der Waals surface area contributed by atoms with E-state index in [0.29, 0.717) is 6.42 Å². The summed E-state index contributed by atoms with van der Waals surface area (Å²) in [6, 6.07) is 0. The van der Waals surface area contributed by atoms with Crippen LogP contribution in [-0.2, 0) is 11.2 Å². The summed E-state index contributed by atoms with van der Waals surface area (Å²) in [5, 5.41) is 0.825. The first kappa shape index (κ1) is 9.32. The Hall–Kier alpha value is -0.770. The normalized spacial score (nSPS) is 10.7. The number of hydrogen-bond donors (Lipinski definition) is 0. The lowest BCUT2D eigenvalue weighted by Gasteiger charge is -1.99. The smallest absolute Gasteiger partial charge is 0.142 e. The highest BCUT2D eigenvalue weighted by atomic mass is 32.1. The van der Waals surface area contributed by atoms with Crippen molar-refractivity contribution in [1.82, 2.24) is 9.36 Å². The predicted molar refractivity (Wildman–Crippen MR) is 48.2 cm³/mol. The van der Waals surface area contributed by atoms with Crippen LogP contribution in [0, 0.1) is 12.8 Å². The van der Waals surface area contributed by atoms with Crippen molar-refractivity contribution in [3.63, 3.8) is 0 Å². The van der Waals surface area contributed by atoms with Crippen LogP contribution in [0.5, 0.6) is 0 Å². The fourth-order valence-electron chi connectivity index (χ4n) is 0.765. The summed E-state index contributed by atoms with van der Waals surface area (Å²) in [4.78, 5) is 15.4. The molecule has 0 spiro atoms. The minimum Gasteiger partial charge on any atom is -0.299 e. The first-order valence-corrected chi connectivity index (χ1v) is 4.69. The molecule has 0 saturated heterocycles. The van der Waals surface area contributed by atoms with E-state index >= 15 is 0 Å². The molecule has 1 aromatic rings. The molecule has 0 fully saturated rings. The Balaban J connectivity index is 2.58. The maximum absolute atomic E-state index is 11.3. The van der Waals surface area contributed by atoms with Gasteiger partial charge in [0, 0.05) is 5.92 Å². The Kier molecular flexibility index (Phi) is 2.92. The van der Waals surface area contributed by atoms with Gasteiger partial charge in [-0.25, -0.2) is 4.98 Å². The first-order chi connectivity index (χ1) is 5.59. The van der Waals surface area contributed by atoms with Crippen molar-refractivity contribution in [2.75, 3.05) is 0 Å². The molecule has 66 valence electrons. The van der Waals surface area contributed by atoms with E-state index in [0.717, 1.165) is 10.8 Å². The molecule has 1 heterocycles. The molecule has 0 bridgehead atoms. The van der Waals surface area contributed by atoms with Crippen LogP contribution in [0.25, 0.3) is 0 Å². The van der Waals surface area contributed by atoms with Gasteiger partial charge in [0.05, 0.1) is 6.42 Å². The van der Waals surface area contributed by atoms with Gasteiger partial charge < -0.3 is 0 Å². The maximum atomic E-state index is 11.3. The highest BCUT2D eigenvalue weighted by Gasteiger charge is 2.10. The number of aromatic nitrogens is 2. The number of rotatable bonds is 3. The number of ketones is 1. The minimum atomic E-state index is 0.0919. The van der Waals surface area contributed by atoms with Crippen molar-refractivity contribution in [3.8, 4) is 0 Å². The summed E-state index contributed by atoms with van der Waals surface area (Å²) in [5.41, 5.74) is 0. The number of hydrogen-bond acceptors (Lipinski definition) is 4. The Morgan fingerprint density at radius 2 is 2.25 bits per heavy atom. The largest absolute Gasteiger partial charge is 0.299 e. The van der Waals surface area contributed by atoms with E-state index in [4.69, 9.17) is 0 Å². The zero-order valence-electron chi connectivity index (χ0n) is 7.50. The molecule has 0 radical (unpaired) electrons. The van der Waals surface area contributed by atoms with E-state index in [9.17, 15) is 4.79 Å². The average Bonchev–Trinajstić information content (AvgIpc) is 2.35. The Bertz CT molecular complexity index is 280. The molecular formula is C8H12N2OS. The zero-order valence-corrected chi connectivity index (χ0v) is 8.31. The number of carbonyl (C=O) groups excluding carboxylic acids is 1. The van der Waals surface area contributed by atoms with Gasteiger partial charge in [0.2, 0.25) is 0 Å². The summed E-state index contributed by atoms with van der Waals surface area (Å²) in [7, 11) is 0. The van der Waals surface area contributed by atoms with Crippen molar-refractivity contribution < 1.29 is 4.79 Å². The van der Waals surface area contributed by atoms with E-state index in [1.807, 2.05) is 20.8 Å². The van der Waals surface area contributed by atoms with E-state index in [-0.39, 0.29) is 11.7 Å². The second kappa shape index (κ2) is 3.76. The second-order valence-electron chi connectivity index (χ2n) is 3.03. The molecule has 0 unspecified atom stereocenters. The topological polar surface area (TPSA) is 42.9 Å². The molecule has 1 rings (SSSR count). The third-order valence-electron chi connectivity index (χ3n) is 1.54. The number of Topliss-reactive ketones (excluding diaryl/α,β-unsaturated/α-hetero) is 1. The summed E-state index contributed by atoms with van der Waals surface area (Å²) >= 11 is 1.31. The van der Waals surface area contributed by atoms with Crippen LogP contribution < -0.4 is 0 Å². The van der Waals surface area contributed by atoms with E-state index in [1.54, 1.807) is 0 Å². The van der Waals surface area contributed by atoms with Gasteiger partial charge in [0.25, 0.3) is 0 Å². The summed E-state index contributed by atoms with van der Waals surface area (Å²) in [5.74, 6) is 1.08. The van der Waals surface area contributed by atoms with Crippen molar-refractivity contribution in [1.29, 1.82) is 0 Å². The lowest BCUT2D eigenvalue weighted by atomic mass is 10.1. The molecule has 0 aromatic carbocycles. The Labute approximate surface area is 76.0 Å². The monoisotopic (exact) mass is 184 g/mol. The molecule has 0 aliphatic rings. The zero-order chi connectivity index (χ0) is 9.14. The highest BCUT2D eigenvalue weighted by Crippen LogP contribution is 2.07. The standard InChI is InChI=1S/C8H12N2OS/c1-5(2)7(11)4-8-9-6(3)10-12-8/h5H,4H2,1-3H3. The SMILES string of the molecule is Cc1nsc(CC(=O)C(C)C)n1. The van der Waals surface area contributed by atoms with Gasteiger partial charge in [-0.15, -0.1) is 0 Å². The van der Waals surface area contributed by atoms with Crippen LogP contribution in [0.15, 0.2) is 0 Å². The number of carbonyl (C=O) groups is 1. The molecule has 4 heteroatoms. The van der Waals surface area contributed by atoms with Crippen LogP contribution in [0.1, 0.15) is 24.7 Å². The first-order valence-electron chi connectivity index (χ1n) is 3.91. The Morgan fingerprint density at radius 1 is 1.58 bits per heavy atom. The fourth-order valence-corrected chi connectivity index (χ4v) is 1.42. The van der Waals surface area contributed by atoms with Crippen LogP contribution >= 0.6 is 11.5 Å². The lowest BCUT2D eigenvalue weighted by molar-refractivity contribution is -0.121. The van der Waals surface area contributed by atoms with Gasteiger partial charge in [-0.05, 0) is 18.5 Å². The number of nitrogens with zero attached hydrogens (tertiary/aromatic N) is 2. The summed E-state index contributed by atoms with van der Waals surface area (Å²) in [6.07, 6.45) is 0.434. The van der Waals surface area contributed by atoms with Crippen molar-refractivity contribution in [2.45, 2.75) is 27.2 Å². The van der Waals surface area contributed by atoms with Crippen molar-refractivity contribution >= 4 is 17.3 Å². The predicted octanol–water partition coefficient (Wildman–Crippen LogP) is 1.61. The van der Waals surface area contributed by atoms with Crippen LogP contribution in [0.4, 0.5) is 0 Å². The van der Waals surface area contributed by atoms with Crippen molar-refractivity contribution in [3.05, 3.63) is 10.8 Å². The summed E-state index contributed by atoms with van der Waals surface area (Å²) < 4.78 is 4.01. The molecule has 1 aromatic heterocycles. The molecule has 0 atom stereocenters. The molecule has 0 aliphatic heterocycles. The van der Waals surface area contributed by atoms with Crippen molar-refractivity contribution in [2.24, 2.45) is 5.92 Å².